The summed E-state index contributed by atoms with van der Waals surface area (Å²) in [6.45, 7) is 0. The molecule has 0 aliphatic heterocycles. The van der Waals surface area contributed by atoms with Crippen molar-refractivity contribution in [1.29, 1.82) is 0 Å². The van der Waals surface area contributed by atoms with Crippen LogP contribution in [0.4, 0.5) is 5.69 Å². The van der Waals surface area contributed by atoms with Crippen molar-refractivity contribution in [3.05, 3.63) is 35.5 Å². The number of para-hydroxylation sites is 1. The summed E-state index contributed by atoms with van der Waals surface area (Å²) in [6.07, 6.45) is 2.12. The summed E-state index contributed by atoms with van der Waals surface area (Å²) < 4.78 is 0. The topological polar surface area (TPSA) is 42.0 Å². The molecule has 0 radical (unpaired) electrons. The molecular weight excluding hydrogens is 200 g/mol. The molecule has 1 N–H and O–H groups in total. The van der Waals surface area contributed by atoms with Gasteiger partial charge in [0.15, 0.2) is 0 Å². The monoisotopic (exact) mass is 206 g/mol. The van der Waals surface area contributed by atoms with Crippen LogP contribution in [0.15, 0.2) is 30.5 Å². The zero-order chi connectivity index (χ0) is 9.97. The summed E-state index contributed by atoms with van der Waals surface area (Å²) in [6, 6.07) is 7.49. The second-order valence-electron chi connectivity index (χ2n) is 2.77. The highest BCUT2D eigenvalue weighted by molar-refractivity contribution is 6.38. The van der Waals surface area contributed by atoms with Crippen LogP contribution in [-0.2, 0) is 4.79 Å². The van der Waals surface area contributed by atoms with Crippen molar-refractivity contribution < 1.29 is 4.79 Å². The number of hydrogen-bond acceptors (Lipinski definition) is 2. The van der Waals surface area contributed by atoms with E-state index in [0.717, 1.165) is 10.9 Å². The van der Waals surface area contributed by atoms with E-state index in [9.17, 15) is 4.79 Å². The van der Waals surface area contributed by atoms with Gasteiger partial charge in [-0.3, -0.25) is 9.78 Å². The van der Waals surface area contributed by atoms with E-state index in [-0.39, 0.29) is 0 Å². The third kappa shape index (κ3) is 1.42. The molecule has 3 nitrogen and oxygen atoms in total. The number of anilines is 1. The second kappa shape index (κ2) is 3.64. The van der Waals surface area contributed by atoms with E-state index in [2.05, 4.69) is 10.3 Å². The van der Waals surface area contributed by atoms with Gasteiger partial charge in [0, 0.05) is 5.39 Å². The van der Waals surface area contributed by atoms with Crippen LogP contribution in [-0.4, -0.2) is 11.4 Å². The Morgan fingerprint density at radius 1 is 1.36 bits per heavy atom. The van der Waals surface area contributed by atoms with Gasteiger partial charge in [0.25, 0.3) is 0 Å². The van der Waals surface area contributed by atoms with Gasteiger partial charge in [-0.05, 0) is 6.07 Å². The van der Waals surface area contributed by atoms with Crippen LogP contribution < -0.4 is 5.32 Å². The summed E-state index contributed by atoms with van der Waals surface area (Å²) in [5.74, 6) is 0. The molecule has 0 saturated heterocycles. The molecule has 0 aliphatic rings. The number of pyridine rings is 1. The number of nitrogens with one attached hydrogen (secondary N) is 1. The third-order valence-corrected chi connectivity index (χ3v) is 2.33. The molecule has 14 heavy (non-hydrogen) atoms. The molecule has 0 bridgehead atoms. The summed E-state index contributed by atoms with van der Waals surface area (Å²) in [7, 11) is 0. The first-order chi connectivity index (χ1) is 6.83. The van der Waals surface area contributed by atoms with Crippen LogP contribution in [0, 0.1) is 0 Å². The van der Waals surface area contributed by atoms with Gasteiger partial charge >= 0.3 is 0 Å². The van der Waals surface area contributed by atoms with Gasteiger partial charge in [0.2, 0.25) is 6.41 Å². The van der Waals surface area contributed by atoms with E-state index < -0.39 is 0 Å². The van der Waals surface area contributed by atoms with Gasteiger partial charge in [-0.15, -0.1) is 0 Å². The lowest BCUT2D eigenvalue weighted by atomic mass is 10.2. The summed E-state index contributed by atoms with van der Waals surface area (Å²) in [5.41, 5.74) is 1.34. The molecule has 0 atom stereocenters. The maximum Gasteiger partial charge on any atom is 0.211 e. The third-order valence-electron chi connectivity index (χ3n) is 1.92. The van der Waals surface area contributed by atoms with E-state index in [0.29, 0.717) is 17.1 Å². The van der Waals surface area contributed by atoms with Crippen LogP contribution in [0.2, 0.25) is 5.02 Å². The Morgan fingerprint density at radius 2 is 2.14 bits per heavy atom. The van der Waals surface area contributed by atoms with Crippen molar-refractivity contribution in [3.63, 3.8) is 0 Å². The van der Waals surface area contributed by atoms with Gasteiger partial charge in [-0.25, -0.2) is 0 Å². The van der Waals surface area contributed by atoms with E-state index in [1.807, 2.05) is 24.3 Å². The first kappa shape index (κ1) is 8.97. The molecule has 0 spiro atoms. The molecule has 70 valence electrons. The predicted molar refractivity (Wildman–Crippen MR) is 56.4 cm³/mol. The average molecular weight is 207 g/mol. The van der Waals surface area contributed by atoms with Crippen LogP contribution >= 0.6 is 11.6 Å². The molecule has 1 aromatic heterocycles. The minimum atomic E-state index is 0.516. The number of fused-ring (bicyclic) bond motifs is 1. The van der Waals surface area contributed by atoms with Crippen LogP contribution in [0.3, 0.4) is 0 Å². The standard InChI is InChI=1S/C10H7ClN2O/c11-10-7-3-1-2-4-8(7)12-5-9(10)13-6-14/h1-6H,(H,13,14). The molecule has 1 amide bonds. The number of nitrogens with zero attached hydrogens (tertiary/aromatic N) is 1. The minimum absolute atomic E-state index is 0.516. The van der Waals surface area contributed by atoms with Crippen molar-refractivity contribution >= 4 is 34.6 Å². The molecule has 2 rings (SSSR count). The van der Waals surface area contributed by atoms with Gasteiger partial charge in [0.1, 0.15) is 0 Å². The smallest absolute Gasteiger partial charge is 0.211 e. The Kier molecular flexibility index (Phi) is 2.33. The number of benzene rings is 1. The van der Waals surface area contributed by atoms with E-state index >= 15 is 0 Å². The number of amides is 1. The number of aromatic nitrogens is 1. The number of carbonyl (C=O) groups is 1. The van der Waals surface area contributed by atoms with Gasteiger partial charge < -0.3 is 5.32 Å². The van der Waals surface area contributed by atoms with Gasteiger partial charge in [0.05, 0.1) is 22.4 Å². The number of hydrogen-bond donors (Lipinski definition) is 1. The highest BCUT2D eigenvalue weighted by atomic mass is 35.5. The van der Waals surface area contributed by atoms with Crippen molar-refractivity contribution in [2.75, 3.05) is 5.32 Å². The van der Waals surface area contributed by atoms with Crippen molar-refractivity contribution in [2.45, 2.75) is 0 Å². The lowest BCUT2D eigenvalue weighted by Crippen LogP contribution is -1.95. The SMILES string of the molecule is O=CNc1cnc2ccccc2c1Cl. The van der Waals surface area contributed by atoms with E-state index in [1.165, 1.54) is 0 Å². The highest BCUT2D eigenvalue weighted by Gasteiger charge is 2.04. The molecular formula is C10H7ClN2O. The van der Waals surface area contributed by atoms with Crippen molar-refractivity contribution in [2.24, 2.45) is 0 Å². The summed E-state index contributed by atoms with van der Waals surface area (Å²) in [4.78, 5) is 14.4. The Hall–Kier alpha value is -1.61. The zero-order valence-corrected chi connectivity index (χ0v) is 7.95. The molecule has 0 fully saturated rings. The minimum Gasteiger partial charge on any atom is -0.326 e. The van der Waals surface area contributed by atoms with Crippen LogP contribution in [0.25, 0.3) is 10.9 Å². The fourth-order valence-corrected chi connectivity index (χ4v) is 1.53. The van der Waals surface area contributed by atoms with Crippen LogP contribution in [0.5, 0.6) is 0 Å². The summed E-state index contributed by atoms with van der Waals surface area (Å²) in [5, 5.41) is 3.84. The van der Waals surface area contributed by atoms with Crippen LogP contribution in [0.1, 0.15) is 0 Å². The Labute approximate surface area is 85.7 Å². The largest absolute Gasteiger partial charge is 0.326 e. The Morgan fingerprint density at radius 3 is 2.93 bits per heavy atom. The first-order valence-corrected chi connectivity index (χ1v) is 4.44. The maximum absolute atomic E-state index is 10.3. The zero-order valence-electron chi connectivity index (χ0n) is 7.20. The highest BCUT2D eigenvalue weighted by Crippen LogP contribution is 2.28. The van der Waals surface area contributed by atoms with Crippen molar-refractivity contribution in [3.8, 4) is 0 Å². The van der Waals surface area contributed by atoms with Gasteiger partial charge in [-0.2, -0.15) is 0 Å². The normalized spacial score (nSPS) is 10.1. The summed E-state index contributed by atoms with van der Waals surface area (Å²) >= 11 is 6.06. The fraction of sp³-hybridized carbons (Fsp3) is 0. The molecule has 0 unspecified atom stereocenters. The molecule has 1 heterocycles. The fourth-order valence-electron chi connectivity index (χ4n) is 1.27. The first-order valence-electron chi connectivity index (χ1n) is 4.06. The quantitative estimate of drug-likeness (QED) is 0.767. The molecule has 0 saturated carbocycles. The predicted octanol–water partition coefficient (Wildman–Crippen LogP) is 2.46. The lowest BCUT2D eigenvalue weighted by molar-refractivity contribution is -0.105. The molecule has 0 aliphatic carbocycles. The molecule has 4 heteroatoms. The number of rotatable bonds is 2. The number of carbonyl (C=O) groups excluding carboxylic acids is 1. The lowest BCUT2D eigenvalue weighted by Gasteiger charge is -2.04. The maximum atomic E-state index is 10.3. The van der Waals surface area contributed by atoms with Crippen molar-refractivity contribution in [1.82, 2.24) is 4.98 Å². The Bertz CT molecular complexity index is 485. The Balaban J connectivity index is 2.68. The molecule has 1 aromatic carbocycles. The van der Waals surface area contributed by atoms with Gasteiger partial charge in [-0.1, -0.05) is 29.8 Å². The number of halogens is 1. The van der Waals surface area contributed by atoms with E-state index in [4.69, 9.17) is 11.6 Å². The second-order valence-corrected chi connectivity index (χ2v) is 3.14. The molecule has 2 aromatic rings. The average Bonchev–Trinajstić information content (AvgIpc) is 2.23. The van der Waals surface area contributed by atoms with E-state index in [1.54, 1.807) is 6.20 Å².